The van der Waals surface area contributed by atoms with Gasteiger partial charge in [-0.3, -0.25) is 4.57 Å². The van der Waals surface area contributed by atoms with E-state index < -0.39 is 0 Å². The third kappa shape index (κ3) is 4.51. The lowest BCUT2D eigenvalue weighted by Crippen LogP contribution is -2.06. The Morgan fingerprint density at radius 2 is 1.83 bits per heavy atom. The number of ether oxygens (including phenoxy) is 1. The van der Waals surface area contributed by atoms with Gasteiger partial charge in [-0.05, 0) is 30.7 Å². The first-order valence-electron chi connectivity index (χ1n) is 9.24. The molecule has 2 heterocycles. The van der Waals surface area contributed by atoms with E-state index in [4.69, 9.17) is 9.15 Å². The number of furan rings is 1. The largest absolute Gasteiger partial charge is 0.490 e. The SMILES string of the molecule is Cc1occc1-c1nnc(SCCOc2ccccc2F)n1Cc1ccccc1. The summed E-state index contributed by atoms with van der Waals surface area (Å²) in [6.07, 6.45) is 1.65. The second-order valence-corrected chi connectivity index (χ2v) is 7.46. The van der Waals surface area contributed by atoms with Crippen LogP contribution in [0, 0.1) is 12.7 Å². The smallest absolute Gasteiger partial charge is 0.191 e. The van der Waals surface area contributed by atoms with Gasteiger partial charge in [0.05, 0.1) is 25.0 Å². The molecular formula is C22H20FN3O2S. The van der Waals surface area contributed by atoms with E-state index in [1.54, 1.807) is 24.5 Å². The summed E-state index contributed by atoms with van der Waals surface area (Å²) >= 11 is 1.53. The molecule has 29 heavy (non-hydrogen) atoms. The van der Waals surface area contributed by atoms with Crippen molar-refractivity contribution < 1.29 is 13.5 Å². The van der Waals surface area contributed by atoms with Gasteiger partial charge in [-0.1, -0.05) is 54.2 Å². The van der Waals surface area contributed by atoms with E-state index in [0.29, 0.717) is 18.9 Å². The van der Waals surface area contributed by atoms with Crippen LogP contribution in [0.5, 0.6) is 5.75 Å². The van der Waals surface area contributed by atoms with E-state index in [-0.39, 0.29) is 11.6 Å². The average Bonchev–Trinajstić information content (AvgIpc) is 3.33. The van der Waals surface area contributed by atoms with Crippen molar-refractivity contribution >= 4 is 11.8 Å². The summed E-state index contributed by atoms with van der Waals surface area (Å²) in [5.74, 6) is 2.07. The number of nitrogens with zero attached hydrogens (tertiary/aromatic N) is 3. The lowest BCUT2D eigenvalue weighted by atomic mass is 10.2. The van der Waals surface area contributed by atoms with Crippen molar-refractivity contribution in [3.63, 3.8) is 0 Å². The molecule has 0 atom stereocenters. The molecule has 0 N–H and O–H groups in total. The summed E-state index contributed by atoms with van der Waals surface area (Å²) < 4.78 is 26.7. The van der Waals surface area contributed by atoms with Crippen LogP contribution in [0.25, 0.3) is 11.4 Å². The highest BCUT2D eigenvalue weighted by atomic mass is 32.2. The van der Waals surface area contributed by atoms with Crippen LogP contribution in [0.15, 0.2) is 76.5 Å². The van der Waals surface area contributed by atoms with E-state index in [2.05, 4.69) is 26.9 Å². The predicted molar refractivity (Wildman–Crippen MR) is 111 cm³/mol. The molecule has 4 rings (SSSR count). The highest BCUT2D eigenvalue weighted by molar-refractivity contribution is 7.99. The molecule has 0 aliphatic heterocycles. The summed E-state index contributed by atoms with van der Waals surface area (Å²) in [5.41, 5.74) is 2.07. The third-order valence-corrected chi connectivity index (χ3v) is 5.34. The van der Waals surface area contributed by atoms with Gasteiger partial charge in [0.25, 0.3) is 0 Å². The fourth-order valence-corrected chi connectivity index (χ4v) is 3.72. The van der Waals surface area contributed by atoms with Crippen molar-refractivity contribution in [2.24, 2.45) is 0 Å². The van der Waals surface area contributed by atoms with E-state index in [1.807, 2.05) is 31.2 Å². The Morgan fingerprint density at radius 1 is 1.03 bits per heavy atom. The van der Waals surface area contributed by atoms with Crippen LogP contribution in [0.3, 0.4) is 0 Å². The standard InChI is InChI=1S/C22H20FN3O2S/c1-16-18(11-12-27-16)21-24-25-22(26(21)15-17-7-3-2-4-8-17)29-14-13-28-20-10-6-5-9-19(20)23/h2-12H,13-15H2,1H3. The van der Waals surface area contributed by atoms with Crippen LogP contribution in [-0.2, 0) is 6.54 Å². The Morgan fingerprint density at radius 3 is 2.59 bits per heavy atom. The topological polar surface area (TPSA) is 53.1 Å². The van der Waals surface area contributed by atoms with Gasteiger partial charge in [0.15, 0.2) is 22.5 Å². The summed E-state index contributed by atoms with van der Waals surface area (Å²) in [7, 11) is 0. The highest BCUT2D eigenvalue weighted by Crippen LogP contribution is 2.28. The van der Waals surface area contributed by atoms with Gasteiger partial charge < -0.3 is 9.15 Å². The minimum absolute atomic E-state index is 0.258. The Kier molecular flexibility index (Phi) is 5.95. The second kappa shape index (κ2) is 8.96. The van der Waals surface area contributed by atoms with Crippen LogP contribution in [0.2, 0.25) is 0 Å². The summed E-state index contributed by atoms with van der Waals surface area (Å²) in [6.45, 7) is 2.92. The van der Waals surface area contributed by atoms with Gasteiger partial charge in [0.1, 0.15) is 5.76 Å². The minimum atomic E-state index is -0.359. The van der Waals surface area contributed by atoms with Gasteiger partial charge in [0.2, 0.25) is 0 Å². The zero-order valence-corrected chi connectivity index (χ0v) is 16.7. The Hall–Kier alpha value is -3.06. The van der Waals surface area contributed by atoms with Gasteiger partial charge in [-0.15, -0.1) is 10.2 Å². The Labute approximate surface area is 172 Å². The molecule has 0 unspecified atom stereocenters. The van der Waals surface area contributed by atoms with Gasteiger partial charge >= 0.3 is 0 Å². The summed E-state index contributed by atoms with van der Waals surface area (Å²) in [6, 6.07) is 18.5. The first-order chi connectivity index (χ1) is 14.2. The number of halogens is 1. The number of hydrogen-bond donors (Lipinski definition) is 0. The monoisotopic (exact) mass is 409 g/mol. The highest BCUT2D eigenvalue weighted by Gasteiger charge is 2.18. The first-order valence-corrected chi connectivity index (χ1v) is 10.2. The molecule has 148 valence electrons. The number of benzene rings is 2. The molecule has 0 spiro atoms. The number of hydrogen-bond acceptors (Lipinski definition) is 5. The summed E-state index contributed by atoms with van der Waals surface area (Å²) in [5, 5.41) is 9.55. The Balaban J connectivity index is 1.51. The average molecular weight is 409 g/mol. The molecule has 4 aromatic rings. The first kappa shape index (κ1) is 19.3. The van der Waals surface area contributed by atoms with E-state index in [0.717, 1.165) is 27.9 Å². The maximum atomic E-state index is 13.7. The number of rotatable bonds is 8. The molecule has 0 radical (unpaired) electrons. The minimum Gasteiger partial charge on any atom is -0.490 e. The van der Waals surface area contributed by atoms with E-state index >= 15 is 0 Å². The molecule has 7 heteroatoms. The second-order valence-electron chi connectivity index (χ2n) is 6.40. The summed E-state index contributed by atoms with van der Waals surface area (Å²) in [4.78, 5) is 0. The fourth-order valence-electron chi connectivity index (χ4n) is 2.97. The van der Waals surface area contributed by atoms with Crippen molar-refractivity contribution in [3.8, 4) is 17.1 Å². The lowest BCUT2D eigenvalue weighted by molar-refractivity contribution is 0.325. The molecular weight excluding hydrogens is 389 g/mol. The quantitative estimate of drug-likeness (QED) is 0.296. The van der Waals surface area contributed by atoms with Crippen molar-refractivity contribution in [2.45, 2.75) is 18.6 Å². The zero-order valence-electron chi connectivity index (χ0n) is 15.9. The van der Waals surface area contributed by atoms with Gasteiger partial charge in [-0.25, -0.2) is 4.39 Å². The molecule has 0 aliphatic rings. The molecule has 5 nitrogen and oxygen atoms in total. The molecule has 0 fully saturated rings. The number of para-hydroxylation sites is 1. The van der Waals surface area contributed by atoms with E-state index in [9.17, 15) is 4.39 Å². The number of thioether (sulfide) groups is 1. The molecule has 0 aliphatic carbocycles. The van der Waals surface area contributed by atoms with Crippen LogP contribution >= 0.6 is 11.8 Å². The number of aromatic nitrogens is 3. The van der Waals surface area contributed by atoms with Crippen LogP contribution < -0.4 is 4.74 Å². The third-order valence-electron chi connectivity index (χ3n) is 4.41. The van der Waals surface area contributed by atoms with Crippen molar-refractivity contribution in [1.82, 2.24) is 14.8 Å². The van der Waals surface area contributed by atoms with Crippen molar-refractivity contribution in [2.75, 3.05) is 12.4 Å². The van der Waals surface area contributed by atoms with Crippen LogP contribution in [0.4, 0.5) is 4.39 Å². The van der Waals surface area contributed by atoms with Crippen LogP contribution in [0.1, 0.15) is 11.3 Å². The fraction of sp³-hybridized carbons (Fsp3) is 0.182. The predicted octanol–water partition coefficient (Wildman–Crippen LogP) is 5.21. The molecule has 2 aromatic carbocycles. The lowest BCUT2D eigenvalue weighted by Gasteiger charge is -2.11. The maximum Gasteiger partial charge on any atom is 0.191 e. The van der Waals surface area contributed by atoms with Crippen molar-refractivity contribution in [1.29, 1.82) is 0 Å². The van der Waals surface area contributed by atoms with Gasteiger partial charge in [-0.2, -0.15) is 0 Å². The molecule has 0 saturated heterocycles. The molecule has 0 bridgehead atoms. The zero-order chi connectivity index (χ0) is 20.1. The van der Waals surface area contributed by atoms with Crippen LogP contribution in [-0.4, -0.2) is 27.1 Å². The number of aryl methyl sites for hydroxylation is 1. The van der Waals surface area contributed by atoms with Crippen molar-refractivity contribution in [3.05, 3.63) is 84.1 Å². The molecule has 0 amide bonds. The molecule has 2 aromatic heterocycles. The van der Waals surface area contributed by atoms with E-state index in [1.165, 1.54) is 17.8 Å². The maximum absolute atomic E-state index is 13.7. The van der Waals surface area contributed by atoms with Gasteiger partial charge in [0, 0.05) is 5.75 Å². The Bertz CT molecular complexity index is 1080. The molecule has 0 saturated carbocycles. The normalized spacial score (nSPS) is 11.0.